The number of carboxylic acids is 1. The number of carboxylic acid groups (broad SMARTS) is 1. The van der Waals surface area contributed by atoms with Gasteiger partial charge in [0, 0.05) is 19.8 Å². The lowest BCUT2D eigenvalue weighted by molar-refractivity contribution is -0.137. The molecule has 0 aliphatic heterocycles. The van der Waals surface area contributed by atoms with Gasteiger partial charge in [-0.1, -0.05) is 6.92 Å². The Labute approximate surface area is 93.3 Å². The monoisotopic (exact) mass is 247 g/mol. The smallest absolute Gasteiger partial charge is 0.318 e. The van der Waals surface area contributed by atoms with Crippen LogP contribution in [0.15, 0.2) is 17.3 Å². The predicted octanol–water partition coefficient (Wildman–Crippen LogP) is -0.485. The summed E-state index contributed by atoms with van der Waals surface area (Å²) in [7, 11) is -2.17. The van der Waals surface area contributed by atoms with Crippen LogP contribution < -0.4 is 0 Å². The van der Waals surface area contributed by atoms with Crippen molar-refractivity contribution in [2.75, 3.05) is 13.1 Å². The van der Waals surface area contributed by atoms with Crippen LogP contribution in [0.3, 0.4) is 0 Å². The number of aromatic nitrogens is 2. The second-order valence-electron chi connectivity index (χ2n) is 3.17. The Hall–Kier alpha value is -1.41. The molecule has 1 rings (SSSR count). The minimum atomic E-state index is -3.76. The number of hydrogen-bond acceptors (Lipinski definition) is 4. The minimum absolute atomic E-state index is 0.00176. The molecule has 0 unspecified atom stereocenters. The molecule has 0 aliphatic rings. The van der Waals surface area contributed by atoms with Crippen LogP contribution in [-0.2, 0) is 21.9 Å². The van der Waals surface area contributed by atoms with Crippen molar-refractivity contribution in [1.29, 1.82) is 0 Å². The lowest BCUT2D eigenvalue weighted by Crippen LogP contribution is -2.35. The summed E-state index contributed by atoms with van der Waals surface area (Å²) in [4.78, 5) is 10.5. The average molecular weight is 247 g/mol. The van der Waals surface area contributed by atoms with Crippen molar-refractivity contribution in [2.24, 2.45) is 7.05 Å². The number of nitrogens with zero attached hydrogens (tertiary/aromatic N) is 3. The van der Waals surface area contributed by atoms with Crippen LogP contribution in [-0.4, -0.2) is 46.7 Å². The lowest BCUT2D eigenvalue weighted by Gasteiger charge is -2.16. The van der Waals surface area contributed by atoms with Crippen LogP contribution in [0.4, 0.5) is 0 Å². The molecule has 0 fully saturated rings. The van der Waals surface area contributed by atoms with Crippen molar-refractivity contribution in [3.05, 3.63) is 12.4 Å². The average Bonchev–Trinajstić information content (AvgIpc) is 2.61. The maximum absolute atomic E-state index is 11.9. The number of aryl methyl sites for hydroxylation is 1. The molecule has 1 aromatic heterocycles. The van der Waals surface area contributed by atoms with Crippen LogP contribution in [0.5, 0.6) is 0 Å². The largest absolute Gasteiger partial charge is 0.480 e. The van der Waals surface area contributed by atoms with Gasteiger partial charge >= 0.3 is 5.97 Å². The van der Waals surface area contributed by atoms with Crippen molar-refractivity contribution in [3.8, 4) is 0 Å². The zero-order valence-corrected chi connectivity index (χ0v) is 9.81. The van der Waals surface area contributed by atoms with Crippen molar-refractivity contribution in [2.45, 2.75) is 11.8 Å². The highest BCUT2D eigenvalue weighted by atomic mass is 32.2. The van der Waals surface area contributed by atoms with E-state index in [0.29, 0.717) is 0 Å². The molecule has 90 valence electrons. The van der Waals surface area contributed by atoms with Gasteiger partial charge in [-0.3, -0.25) is 9.48 Å². The van der Waals surface area contributed by atoms with Crippen molar-refractivity contribution < 1.29 is 18.3 Å². The molecular weight excluding hydrogens is 234 g/mol. The first-order valence-electron chi connectivity index (χ1n) is 4.58. The molecule has 0 atom stereocenters. The summed E-state index contributed by atoms with van der Waals surface area (Å²) < 4.78 is 26.1. The molecular formula is C8H13N3O4S. The third kappa shape index (κ3) is 2.58. The molecule has 0 aliphatic carbocycles. The molecule has 0 saturated carbocycles. The second kappa shape index (κ2) is 4.62. The van der Waals surface area contributed by atoms with Gasteiger partial charge in [0.2, 0.25) is 10.0 Å². The molecule has 0 bridgehead atoms. The van der Waals surface area contributed by atoms with Gasteiger partial charge < -0.3 is 5.11 Å². The second-order valence-corrected chi connectivity index (χ2v) is 5.11. The first-order valence-corrected chi connectivity index (χ1v) is 6.02. The number of hydrogen-bond donors (Lipinski definition) is 1. The number of likely N-dealkylation sites (N-methyl/N-ethyl adjacent to an activating group) is 1. The number of sulfonamides is 1. The zero-order valence-electron chi connectivity index (χ0n) is 8.99. The highest BCUT2D eigenvalue weighted by molar-refractivity contribution is 7.89. The topological polar surface area (TPSA) is 92.5 Å². The normalized spacial score (nSPS) is 11.9. The molecule has 1 heterocycles. The van der Waals surface area contributed by atoms with E-state index in [-0.39, 0.29) is 11.4 Å². The molecule has 0 radical (unpaired) electrons. The Balaban J connectivity index is 3.04. The van der Waals surface area contributed by atoms with Crippen LogP contribution in [0, 0.1) is 0 Å². The van der Waals surface area contributed by atoms with Gasteiger partial charge in [0.05, 0.1) is 6.20 Å². The Bertz CT molecular complexity index is 479. The van der Waals surface area contributed by atoms with Crippen molar-refractivity contribution in [3.63, 3.8) is 0 Å². The van der Waals surface area contributed by atoms with Crippen LogP contribution in [0.1, 0.15) is 6.92 Å². The van der Waals surface area contributed by atoms with E-state index in [1.807, 2.05) is 0 Å². The van der Waals surface area contributed by atoms with Gasteiger partial charge in [-0.05, 0) is 0 Å². The summed E-state index contributed by atoms with van der Waals surface area (Å²) in [5, 5.41) is 12.3. The van der Waals surface area contributed by atoms with E-state index >= 15 is 0 Å². The summed E-state index contributed by atoms with van der Waals surface area (Å²) in [6.07, 6.45) is 2.53. The summed E-state index contributed by atoms with van der Waals surface area (Å²) in [6, 6.07) is 0. The van der Waals surface area contributed by atoms with Crippen LogP contribution in [0.25, 0.3) is 0 Å². The molecule has 1 aromatic rings. The SMILES string of the molecule is CCN(CC(=O)O)S(=O)(=O)c1cnn(C)c1. The predicted molar refractivity (Wildman–Crippen MR) is 55.3 cm³/mol. The molecule has 0 spiro atoms. The molecule has 0 aromatic carbocycles. The fraction of sp³-hybridized carbons (Fsp3) is 0.500. The van der Waals surface area contributed by atoms with Crippen LogP contribution in [0.2, 0.25) is 0 Å². The van der Waals surface area contributed by atoms with Gasteiger partial charge in [0.15, 0.2) is 0 Å². The standard InChI is InChI=1S/C8H13N3O4S/c1-3-11(6-8(12)13)16(14,15)7-4-9-10(2)5-7/h4-5H,3,6H2,1-2H3,(H,12,13). The van der Waals surface area contributed by atoms with Crippen molar-refractivity contribution in [1.82, 2.24) is 14.1 Å². The summed E-state index contributed by atoms with van der Waals surface area (Å²) >= 11 is 0. The quantitative estimate of drug-likeness (QED) is 0.758. The first kappa shape index (κ1) is 12.7. The molecule has 8 heteroatoms. The van der Waals surface area contributed by atoms with Crippen LogP contribution >= 0.6 is 0 Å². The molecule has 16 heavy (non-hydrogen) atoms. The van der Waals surface area contributed by atoms with Gasteiger partial charge in [0.25, 0.3) is 0 Å². The van der Waals surface area contributed by atoms with E-state index in [1.165, 1.54) is 17.1 Å². The van der Waals surface area contributed by atoms with E-state index in [2.05, 4.69) is 5.10 Å². The summed E-state index contributed by atoms with van der Waals surface area (Å²) in [6.45, 7) is 1.13. The highest BCUT2D eigenvalue weighted by Crippen LogP contribution is 2.13. The maximum atomic E-state index is 11.9. The first-order chi connectivity index (χ1) is 7.37. The van der Waals surface area contributed by atoms with E-state index in [0.717, 1.165) is 4.31 Å². The third-order valence-corrected chi connectivity index (χ3v) is 3.86. The molecule has 0 saturated heterocycles. The Morgan fingerprint density at radius 3 is 2.62 bits per heavy atom. The molecule has 7 nitrogen and oxygen atoms in total. The van der Waals surface area contributed by atoms with Gasteiger partial charge in [-0.25, -0.2) is 8.42 Å². The number of carbonyl (C=O) groups is 1. The van der Waals surface area contributed by atoms with Gasteiger partial charge in [-0.15, -0.1) is 0 Å². The Morgan fingerprint density at radius 1 is 1.62 bits per heavy atom. The third-order valence-electron chi connectivity index (χ3n) is 1.98. The van der Waals surface area contributed by atoms with E-state index < -0.39 is 22.5 Å². The summed E-state index contributed by atoms with van der Waals surface area (Å²) in [5.41, 5.74) is 0. The summed E-state index contributed by atoms with van der Waals surface area (Å²) in [5.74, 6) is -1.19. The van der Waals surface area contributed by atoms with Gasteiger partial charge in [-0.2, -0.15) is 9.40 Å². The van der Waals surface area contributed by atoms with E-state index in [9.17, 15) is 13.2 Å². The number of aliphatic carboxylic acids is 1. The Morgan fingerprint density at radius 2 is 2.25 bits per heavy atom. The van der Waals surface area contributed by atoms with Crippen molar-refractivity contribution >= 4 is 16.0 Å². The zero-order chi connectivity index (χ0) is 12.3. The fourth-order valence-electron chi connectivity index (χ4n) is 1.20. The minimum Gasteiger partial charge on any atom is -0.480 e. The fourth-order valence-corrected chi connectivity index (χ4v) is 2.58. The highest BCUT2D eigenvalue weighted by Gasteiger charge is 2.26. The van der Waals surface area contributed by atoms with E-state index in [4.69, 9.17) is 5.11 Å². The lowest BCUT2D eigenvalue weighted by atomic mass is 10.6. The Kier molecular flexibility index (Phi) is 3.66. The maximum Gasteiger partial charge on any atom is 0.318 e. The molecule has 0 amide bonds. The van der Waals surface area contributed by atoms with E-state index in [1.54, 1.807) is 14.0 Å². The van der Waals surface area contributed by atoms with Gasteiger partial charge in [0.1, 0.15) is 11.4 Å². The molecule has 1 N–H and O–H groups in total. The number of rotatable bonds is 5.